The topological polar surface area (TPSA) is 128 Å². The van der Waals surface area contributed by atoms with Gasteiger partial charge in [0, 0.05) is 5.70 Å². The van der Waals surface area contributed by atoms with Gasteiger partial charge in [0.05, 0.1) is 11.1 Å². The summed E-state index contributed by atoms with van der Waals surface area (Å²) in [6.45, 7) is 1.89. The van der Waals surface area contributed by atoms with E-state index in [-0.39, 0.29) is 18.8 Å². The molecule has 1 atom stereocenters. The van der Waals surface area contributed by atoms with Crippen molar-refractivity contribution in [2.45, 2.75) is 13.0 Å². The van der Waals surface area contributed by atoms with Crippen molar-refractivity contribution in [3.05, 3.63) is 89.1 Å². The molecule has 10 heteroatoms. The number of fused-ring (bicyclic) bond motifs is 2. The highest BCUT2D eigenvalue weighted by Crippen LogP contribution is 2.37. The molecule has 2 heterocycles. The van der Waals surface area contributed by atoms with Crippen LogP contribution in [-0.2, 0) is 9.53 Å². The van der Waals surface area contributed by atoms with Crippen LogP contribution in [0.25, 0.3) is 10.8 Å². The first-order valence-corrected chi connectivity index (χ1v) is 10.9. The summed E-state index contributed by atoms with van der Waals surface area (Å²) in [5, 5.41) is 26.0. The fraction of sp³-hybridized carbons (Fsp3) is 0.160. The third kappa shape index (κ3) is 4.29. The second-order valence-corrected chi connectivity index (χ2v) is 7.90. The number of carbonyl (C=O) groups excluding carboxylic acids is 1. The molecule has 0 saturated heterocycles. The van der Waals surface area contributed by atoms with E-state index >= 15 is 0 Å². The number of carboxylic acids is 1. The monoisotopic (exact) mass is 471 g/mol. The molecular weight excluding hydrogens is 450 g/mol. The highest BCUT2D eigenvalue weighted by Gasteiger charge is 2.35. The summed E-state index contributed by atoms with van der Waals surface area (Å²) in [7, 11) is 0. The molecule has 4 aromatic rings. The summed E-state index contributed by atoms with van der Waals surface area (Å²) >= 11 is 0. The molecule has 3 aromatic carbocycles. The molecule has 10 nitrogen and oxygen atoms in total. The lowest BCUT2D eigenvalue weighted by Gasteiger charge is -2.28. The number of nitrogens with zero attached hydrogens (tertiary/aromatic N) is 4. The number of carbonyl (C=O) groups is 2. The van der Waals surface area contributed by atoms with Crippen molar-refractivity contribution in [2.75, 3.05) is 18.5 Å². The zero-order valence-electron chi connectivity index (χ0n) is 18.7. The lowest BCUT2D eigenvalue weighted by molar-refractivity contribution is -0.140. The Labute approximate surface area is 199 Å². The number of hydrogen-bond donors (Lipinski definition) is 2. The first-order chi connectivity index (χ1) is 17.0. The van der Waals surface area contributed by atoms with E-state index in [4.69, 9.17) is 14.6 Å². The van der Waals surface area contributed by atoms with E-state index in [0.29, 0.717) is 23.0 Å². The maximum absolute atomic E-state index is 13.3. The SMILES string of the molecule is CC1=C(C(=O)OCCOc2ccc(C(=O)O)cc2)C(c2cccc3ccccc23)n2nnnc2N1. The Morgan fingerprint density at radius 1 is 1.03 bits per heavy atom. The quantitative estimate of drug-likeness (QED) is 0.308. The summed E-state index contributed by atoms with van der Waals surface area (Å²) < 4.78 is 12.7. The number of esters is 1. The maximum Gasteiger partial charge on any atom is 0.338 e. The van der Waals surface area contributed by atoms with Gasteiger partial charge in [-0.1, -0.05) is 47.6 Å². The first-order valence-electron chi connectivity index (χ1n) is 10.9. The van der Waals surface area contributed by atoms with Crippen LogP contribution in [0.1, 0.15) is 28.9 Å². The van der Waals surface area contributed by atoms with Gasteiger partial charge in [-0.15, -0.1) is 0 Å². The fourth-order valence-electron chi connectivity index (χ4n) is 4.12. The van der Waals surface area contributed by atoms with E-state index in [9.17, 15) is 9.59 Å². The predicted molar refractivity (Wildman–Crippen MR) is 126 cm³/mol. The summed E-state index contributed by atoms with van der Waals surface area (Å²) in [6.07, 6.45) is 0. The number of hydrogen-bond acceptors (Lipinski definition) is 8. The summed E-state index contributed by atoms with van der Waals surface area (Å²) in [5.74, 6) is -0.613. The minimum Gasteiger partial charge on any atom is -0.490 e. The number of allylic oxidation sites excluding steroid dienone is 1. The molecule has 0 spiro atoms. The average Bonchev–Trinajstić information content (AvgIpc) is 3.33. The van der Waals surface area contributed by atoms with Gasteiger partial charge in [0.2, 0.25) is 5.95 Å². The molecular formula is C25H21N5O5. The summed E-state index contributed by atoms with van der Waals surface area (Å²) in [6, 6.07) is 19.2. The van der Waals surface area contributed by atoms with Crippen LogP contribution in [0.5, 0.6) is 5.75 Å². The molecule has 1 aromatic heterocycles. The van der Waals surface area contributed by atoms with Crippen LogP contribution in [-0.4, -0.2) is 50.5 Å². The van der Waals surface area contributed by atoms with Crippen molar-refractivity contribution < 1.29 is 24.2 Å². The predicted octanol–water partition coefficient (Wildman–Crippen LogP) is 3.44. The van der Waals surface area contributed by atoms with Crippen molar-refractivity contribution in [3.63, 3.8) is 0 Å². The number of aromatic nitrogens is 4. The molecule has 1 unspecified atom stereocenters. The number of anilines is 1. The lowest BCUT2D eigenvalue weighted by atomic mass is 9.91. The Hall–Kier alpha value is -4.73. The number of ether oxygens (including phenoxy) is 2. The van der Waals surface area contributed by atoms with Crippen molar-refractivity contribution in [2.24, 2.45) is 0 Å². The fourth-order valence-corrected chi connectivity index (χ4v) is 4.12. The molecule has 1 aliphatic rings. The van der Waals surface area contributed by atoms with Gasteiger partial charge >= 0.3 is 11.9 Å². The van der Waals surface area contributed by atoms with Crippen LogP contribution in [0.15, 0.2) is 78.0 Å². The first kappa shape index (κ1) is 22.1. The molecule has 0 aliphatic carbocycles. The molecule has 0 amide bonds. The van der Waals surface area contributed by atoms with Crippen molar-refractivity contribution >= 4 is 28.7 Å². The van der Waals surface area contributed by atoms with Gasteiger partial charge in [-0.2, -0.15) is 4.68 Å². The summed E-state index contributed by atoms with van der Waals surface area (Å²) in [5.41, 5.74) is 2.03. The van der Waals surface area contributed by atoms with Crippen molar-refractivity contribution in [1.82, 2.24) is 20.2 Å². The van der Waals surface area contributed by atoms with Gasteiger partial charge in [0.1, 0.15) is 25.0 Å². The van der Waals surface area contributed by atoms with E-state index < -0.39 is 18.0 Å². The normalized spacial score (nSPS) is 14.8. The van der Waals surface area contributed by atoms with Crippen LogP contribution in [0.3, 0.4) is 0 Å². The number of carboxylic acid groups (broad SMARTS) is 1. The van der Waals surface area contributed by atoms with Gasteiger partial charge in [0.15, 0.2) is 0 Å². The second kappa shape index (κ2) is 9.26. The number of aromatic carboxylic acids is 1. The summed E-state index contributed by atoms with van der Waals surface area (Å²) in [4.78, 5) is 24.2. The van der Waals surface area contributed by atoms with Crippen LogP contribution in [0, 0.1) is 0 Å². The number of rotatable bonds is 7. The molecule has 5 rings (SSSR count). The zero-order chi connectivity index (χ0) is 24.4. The molecule has 0 saturated carbocycles. The third-order valence-electron chi connectivity index (χ3n) is 5.74. The molecule has 0 fully saturated rings. The van der Waals surface area contributed by atoms with Gasteiger partial charge in [0.25, 0.3) is 0 Å². The Kier molecular flexibility index (Phi) is 5.84. The van der Waals surface area contributed by atoms with Gasteiger partial charge in [-0.05, 0) is 58.0 Å². The van der Waals surface area contributed by atoms with E-state index in [1.807, 2.05) is 42.5 Å². The molecule has 0 radical (unpaired) electrons. The second-order valence-electron chi connectivity index (χ2n) is 7.90. The minimum absolute atomic E-state index is 0.00101. The van der Waals surface area contributed by atoms with E-state index in [0.717, 1.165) is 16.3 Å². The Balaban J connectivity index is 1.36. The lowest BCUT2D eigenvalue weighted by Crippen LogP contribution is -2.30. The number of tetrazole rings is 1. The minimum atomic E-state index is -1.01. The smallest absolute Gasteiger partial charge is 0.338 e. The Morgan fingerprint density at radius 3 is 2.60 bits per heavy atom. The Morgan fingerprint density at radius 2 is 1.80 bits per heavy atom. The standard InChI is InChI=1S/C25H21N5O5/c1-15-21(24(33)35-14-13-34-18-11-9-17(10-12-18)23(31)32)22(30-25(26-15)27-28-29-30)20-8-4-6-16-5-2-3-7-19(16)20/h2-12,22H,13-14H2,1H3,(H,31,32)(H,26,27,29). The molecule has 0 bridgehead atoms. The molecule has 176 valence electrons. The molecule has 2 N–H and O–H groups in total. The Bertz CT molecular complexity index is 1440. The van der Waals surface area contributed by atoms with E-state index in [2.05, 4.69) is 20.8 Å². The average molecular weight is 471 g/mol. The van der Waals surface area contributed by atoms with Crippen LogP contribution in [0.4, 0.5) is 5.95 Å². The van der Waals surface area contributed by atoms with Gasteiger partial charge in [-0.25, -0.2) is 9.59 Å². The van der Waals surface area contributed by atoms with Gasteiger partial charge < -0.3 is 19.9 Å². The molecule has 1 aliphatic heterocycles. The highest BCUT2D eigenvalue weighted by molar-refractivity contribution is 5.95. The number of nitrogens with one attached hydrogen (secondary N) is 1. The largest absolute Gasteiger partial charge is 0.490 e. The van der Waals surface area contributed by atoms with E-state index in [1.165, 1.54) is 12.1 Å². The van der Waals surface area contributed by atoms with Crippen molar-refractivity contribution in [3.8, 4) is 5.75 Å². The number of benzene rings is 3. The zero-order valence-corrected chi connectivity index (χ0v) is 18.7. The van der Waals surface area contributed by atoms with Crippen LogP contribution >= 0.6 is 0 Å². The van der Waals surface area contributed by atoms with Crippen LogP contribution in [0.2, 0.25) is 0 Å². The molecule has 35 heavy (non-hydrogen) atoms. The van der Waals surface area contributed by atoms with Crippen molar-refractivity contribution in [1.29, 1.82) is 0 Å². The third-order valence-corrected chi connectivity index (χ3v) is 5.74. The van der Waals surface area contributed by atoms with E-state index in [1.54, 1.807) is 23.7 Å². The van der Waals surface area contributed by atoms with Crippen LogP contribution < -0.4 is 10.1 Å². The maximum atomic E-state index is 13.3. The van der Waals surface area contributed by atoms with Gasteiger partial charge in [-0.3, -0.25) is 0 Å². The highest BCUT2D eigenvalue weighted by atomic mass is 16.6.